The highest BCUT2D eigenvalue weighted by molar-refractivity contribution is 6.01. The van der Waals surface area contributed by atoms with Crippen LogP contribution in [0.25, 0.3) is 0 Å². The molecule has 1 aromatic rings. The molecule has 0 fully saturated rings. The van der Waals surface area contributed by atoms with E-state index < -0.39 is 10.8 Å². The fourth-order valence-corrected chi connectivity index (χ4v) is 2.13. The van der Waals surface area contributed by atoms with Crippen LogP contribution in [0.15, 0.2) is 18.2 Å². The van der Waals surface area contributed by atoms with Gasteiger partial charge in [0.05, 0.1) is 10.5 Å². The Labute approximate surface area is 124 Å². The Hall–Kier alpha value is -2.15. The van der Waals surface area contributed by atoms with Crippen LogP contribution in [0.4, 0.5) is 11.4 Å². The van der Waals surface area contributed by atoms with Crippen LogP contribution in [0.5, 0.6) is 0 Å². The summed E-state index contributed by atoms with van der Waals surface area (Å²) in [5.74, 6) is -0.393. The minimum Gasteiger partial charge on any atom is -0.393 e. The lowest BCUT2D eigenvalue weighted by molar-refractivity contribution is -0.383. The fourth-order valence-electron chi connectivity index (χ4n) is 2.13. The van der Waals surface area contributed by atoms with Gasteiger partial charge in [-0.15, -0.1) is 0 Å². The molecule has 0 saturated carbocycles. The lowest BCUT2D eigenvalue weighted by Crippen LogP contribution is -2.42. The number of likely N-dealkylation sites (N-methyl/N-ethyl adjacent to an activating group) is 1. The van der Waals surface area contributed by atoms with E-state index in [1.54, 1.807) is 0 Å². The molecule has 1 unspecified atom stereocenters. The van der Waals surface area contributed by atoms with Gasteiger partial charge in [-0.25, -0.2) is 0 Å². The molecule has 0 saturated heterocycles. The van der Waals surface area contributed by atoms with Crippen LogP contribution in [-0.4, -0.2) is 41.4 Å². The summed E-state index contributed by atoms with van der Waals surface area (Å²) in [6.45, 7) is 8.51. The number of benzene rings is 1. The van der Waals surface area contributed by atoms with Crippen molar-refractivity contribution in [2.24, 2.45) is 0 Å². The number of nitro benzene ring substituents is 1. The second kappa shape index (κ2) is 7.58. The number of carbonyl (C=O) groups excluding carboxylic acids is 1. The summed E-state index contributed by atoms with van der Waals surface area (Å²) in [6, 6.07) is 4.15. The van der Waals surface area contributed by atoms with Crippen molar-refractivity contribution in [2.45, 2.75) is 26.8 Å². The Morgan fingerprint density at radius 1 is 1.43 bits per heavy atom. The van der Waals surface area contributed by atoms with Gasteiger partial charge in [0.1, 0.15) is 5.69 Å². The van der Waals surface area contributed by atoms with Gasteiger partial charge in [0, 0.05) is 18.7 Å². The SMILES string of the molecule is CCN(CC)CC(C)NC(=O)c1cccc([N+](=O)[O-])c1N. The molecule has 1 rings (SSSR count). The van der Waals surface area contributed by atoms with E-state index in [4.69, 9.17) is 5.73 Å². The van der Waals surface area contributed by atoms with Crippen molar-refractivity contribution < 1.29 is 9.72 Å². The van der Waals surface area contributed by atoms with Crippen LogP contribution in [0.1, 0.15) is 31.1 Å². The van der Waals surface area contributed by atoms with Crippen molar-refractivity contribution in [3.8, 4) is 0 Å². The van der Waals surface area contributed by atoms with Crippen LogP contribution in [-0.2, 0) is 0 Å². The smallest absolute Gasteiger partial charge is 0.292 e. The lowest BCUT2D eigenvalue weighted by atomic mass is 10.1. The summed E-state index contributed by atoms with van der Waals surface area (Å²) in [5, 5.41) is 13.6. The first kappa shape index (κ1) is 16.9. The molecule has 7 heteroatoms. The quantitative estimate of drug-likeness (QED) is 0.452. The Morgan fingerprint density at radius 3 is 2.57 bits per heavy atom. The van der Waals surface area contributed by atoms with Gasteiger partial charge in [-0.2, -0.15) is 0 Å². The Balaban J connectivity index is 2.81. The maximum absolute atomic E-state index is 12.2. The van der Waals surface area contributed by atoms with E-state index in [0.717, 1.165) is 13.1 Å². The topological polar surface area (TPSA) is 102 Å². The minimum absolute atomic E-state index is 0.0731. The van der Waals surface area contributed by atoms with Gasteiger partial charge < -0.3 is 16.0 Å². The standard InChI is InChI=1S/C14H22N4O3/c1-4-17(5-2)9-10(3)16-14(19)11-7-6-8-12(13(11)15)18(20)21/h6-8,10H,4-5,9,15H2,1-3H3,(H,16,19). The van der Waals surface area contributed by atoms with Crippen molar-refractivity contribution in [1.82, 2.24) is 10.2 Å². The third kappa shape index (κ3) is 4.42. The van der Waals surface area contributed by atoms with E-state index in [2.05, 4.69) is 24.1 Å². The maximum Gasteiger partial charge on any atom is 0.292 e. The molecule has 0 aromatic heterocycles. The maximum atomic E-state index is 12.2. The van der Waals surface area contributed by atoms with E-state index in [0.29, 0.717) is 6.54 Å². The monoisotopic (exact) mass is 294 g/mol. The summed E-state index contributed by atoms with van der Waals surface area (Å²) in [6.07, 6.45) is 0. The highest BCUT2D eigenvalue weighted by Crippen LogP contribution is 2.24. The van der Waals surface area contributed by atoms with E-state index >= 15 is 0 Å². The van der Waals surface area contributed by atoms with Gasteiger partial charge >= 0.3 is 0 Å². The van der Waals surface area contributed by atoms with Gasteiger partial charge in [0.25, 0.3) is 11.6 Å². The molecule has 1 amide bonds. The number of carbonyl (C=O) groups is 1. The lowest BCUT2D eigenvalue weighted by Gasteiger charge is -2.23. The van der Waals surface area contributed by atoms with Crippen molar-refractivity contribution in [3.63, 3.8) is 0 Å². The molecular weight excluding hydrogens is 272 g/mol. The molecule has 0 aliphatic rings. The molecule has 0 radical (unpaired) electrons. The number of amides is 1. The molecular formula is C14H22N4O3. The number of hydrogen-bond acceptors (Lipinski definition) is 5. The molecule has 0 aliphatic carbocycles. The van der Waals surface area contributed by atoms with E-state index in [9.17, 15) is 14.9 Å². The predicted molar refractivity (Wildman–Crippen MR) is 82.2 cm³/mol. The first-order valence-corrected chi connectivity index (χ1v) is 6.96. The number of nitrogens with zero attached hydrogens (tertiary/aromatic N) is 2. The van der Waals surface area contributed by atoms with Crippen LogP contribution in [0.3, 0.4) is 0 Å². The summed E-state index contributed by atoms with van der Waals surface area (Å²) >= 11 is 0. The average Bonchev–Trinajstić information content (AvgIpc) is 2.44. The highest BCUT2D eigenvalue weighted by atomic mass is 16.6. The Kier molecular flexibility index (Phi) is 6.10. The van der Waals surface area contributed by atoms with Crippen LogP contribution in [0, 0.1) is 10.1 Å². The molecule has 21 heavy (non-hydrogen) atoms. The number of rotatable bonds is 7. The van der Waals surface area contributed by atoms with E-state index in [-0.39, 0.29) is 23.0 Å². The Bertz CT molecular complexity index is 515. The number of nitrogen functional groups attached to an aromatic ring is 1. The van der Waals surface area contributed by atoms with Crippen LogP contribution >= 0.6 is 0 Å². The second-order valence-electron chi connectivity index (χ2n) is 4.86. The van der Waals surface area contributed by atoms with Gasteiger partial charge in [0.15, 0.2) is 0 Å². The van der Waals surface area contributed by atoms with Gasteiger partial charge in [-0.05, 0) is 26.1 Å². The zero-order chi connectivity index (χ0) is 16.0. The first-order chi connectivity index (χ1) is 9.90. The average molecular weight is 294 g/mol. The molecule has 3 N–H and O–H groups in total. The third-order valence-electron chi connectivity index (χ3n) is 3.33. The van der Waals surface area contributed by atoms with Crippen molar-refractivity contribution in [3.05, 3.63) is 33.9 Å². The number of anilines is 1. The number of nitro groups is 1. The largest absolute Gasteiger partial charge is 0.393 e. The summed E-state index contributed by atoms with van der Waals surface area (Å²) in [5.41, 5.74) is 5.48. The van der Waals surface area contributed by atoms with Crippen LogP contribution < -0.4 is 11.1 Å². The number of para-hydroxylation sites is 1. The molecule has 7 nitrogen and oxygen atoms in total. The highest BCUT2D eigenvalue weighted by Gasteiger charge is 2.20. The molecule has 0 spiro atoms. The zero-order valence-electron chi connectivity index (χ0n) is 12.6. The summed E-state index contributed by atoms with van der Waals surface area (Å²) in [4.78, 5) is 24.6. The number of nitrogens with one attached hydrogen (secondary N) is 1. The summed E-state index contributed by atoms with van der Waals surface area (Å²) < 4.78 is 0. The van der Waals surface area contributed by atoms with Gasteiger partial charge in [0.2, 0.25) is 0 Å². The number of hydrogen-bond donors (Lipinski definition) is 2. The Morgan fingerprint density at radius 2 is 2.05 bits per heavy atom. The normalized spacial score (nSPS) is 12.2. The molecule has 0 bridgehead atoms. The third-order valence-corrected chi connectivity index (χ3v) is 3.33. The van der Waals surface area contributed by atoms with Gasteiger partial charge in [-0.1, -0.05) is 19.9 Å². The predicted octanol–water partition coefficient (Wildman–Crippen LogP) is 1.64. The van der Waals surface area contributed by atoms with E-state index in [1.807, 2.05) is 6.92 Å². The summed E-state index contributed by atoms with van der Waals surface area (Å²) in [7, 11) is 0. The second-order valence-corrected chi connectivity index (χ2v) is 4.86. The molecule has 1 aromatic carbocycles. The molecule has 116 valence electrons. The molecule has 0 heterocycles. The zero-order valence-corrected chi connectivity index (χ0v) is 12.6. The fraction of sp³-hybridized carbons (Fsp3) is 0.500. The van der Waals surface area contributed by atoms with Crippen molar-refractivity contribution in [1.29, 1.82) is 0 Å². The first-order valence-electron chi connectivity index (χ1n) is 6.96. The molecule has 1 atom stereocenters. The van der Waals surface area contributed by atoms with Gasteiger partial charge in [-0.3, -0.25) is 14.9 Å². The van der Waals surface area contributed by atoms with Crippen molar-refractivity contribution in [2.75, 3.05) is 25.4 Å². The van der Waals surface area contributed by atoms with Crippen molar-refractivity contribution >= 4 is 17.3 Å². The molecule has 0 aliphatic heterocycles. The number of nitrogens with two attached hydrogens (primary N) is 1. The minimum atomic E-state index is -0.592. The van der Waals surface area contributed by atoms with Crippen LogP contribution in [0.2, 0.25) is 0 Å². The van der Waals surface area contributed by atoms with E-state index in [1.165, 1.54) is 18.2 Å².